The number of hydrogen-bond acceptors (Lipinski definition) is 3. The van der Waals surface area contributed by atoms with E-state index in [1.165, 1.54) is 5.56 Å². The Morgan fingerprint density at radius 3 is 2.59 bits per heavy atom. The van der Waals surface area contributed by atoms with E-state index in [2.05, 4.69) is 59.7 Å². The first-order valence-electron chi connectivity index (χ1n) is 11.1. The molecule has 2 heterocycles. The normalized spacial score (nSPS) is 17.9. The molecular formula is C27H29N3O2. The summed E-state index contributed by atoms with van der Waals surface area (Å²) in [7, 11) is 0. The molecule has 2 amide bonds. The number of pyridine rings is 1. The number of amides is 2. The van der Waals surface area contributed by atoms with Crippen molar-refractivity contribution in [2.24, 2.45) is 5.41 Å². The van der Waals surface area contributed by atoms with E-state index in [1.54, 1.807) is 29.4 Å². The third-order valence-corrected chi connectivity index (χ3v) is 6.22. The first kappa shape index (κ1) is 21.8. The van der Waals surface area contributed by atoms with Crippen molar-refractivity contribution in [3.05, 3.63) is 89.7 Å². The minimum absolute atomic E-state index is 0.0159. The number of carbonyl (C=O) groups excluding carboxylic acids is 2. The van der Waals surface area contributed by atoms with Gasteiger partial charge in [-0.3, -0.25) is 14.6 Å². The van der Waals surface area contributed by atoms with Gasteiger partial charge in [0.05, 0.1) is 11.0 Å². The van der Waals surface area contributed by atoms with Crippen LogP contribution in [0.4, 0.5) is 0 Å². The molecule has 0 spiro atoms. The van der Waals surface area contributed by atoms with Crippen molar-refractivity contribution in [1.29, 1.82) is 0 Å². The molecule has 1 saturated heterocycles. The van der Waals surface area contributed by atoms with Gasteiger partial charge in [-0.2, -0.15) is 0 Å². The fourth-order valence-electron chi connectivity index (χ4n) is 4.47. The van der Waals surface area contributed by atoms with E-state index < -0.39 is 5.41 Å². The minimum Gasteiger partial charge on any atom is -0.356 e. The molecule has 1 N–H and O–H groups in total. The fraction of sp³-hybridized carbons (Fsp3) is 0.296. The maximum absolute atomic E-state index is 13.2. The number of likely N-dealkylation sites (tertiary alicyclic amines) is 1. The third kappa shape index (κ3) is 4.57. The highest BCUT2D eigenvalue weighted by atomic mass is 16.2. The largest absolute Gasteiger partial charge is 0.356 e. The van der Waals surface area contributed by atoms with Gasteiger partial charge in [0.1, 0.15) is 0 Å². The number of hydrogen-bond donors (Lipinski definition) is 1. The second kappa shape index (κ2) is 9.35. The highest BCUT2D eigenvalue weighted by molar-refractivity contribution is 5.95. The molecule has 5 heteroatoms. The summed E-state index contributed by atoms with van der Waals surface area (Å²) in [4.78, 5) is 32.0. The smallest absolute Gasteiger partial charge is 0.255 e. The molecule has 0 bridgehead atoms. The van der Waals surface area contributed by atoms with E-state index in [9.17, 15) is 9.59 Å². The summed E-state index contributed by atoms with van der Waals surface area (Å²) >= 11 is 0. The number of nitrogens with one attached hydrogen (secondary N) is 1. The highest BCUT2D eigenvalue weighted by Gasteiger charge is 2.45. The zero-order valence-electron chi connectivity index (χ0n) is 18.7. The monoisotopic (exact) mass is 427 g/mol. The number of carbonyl (C=O) groups is 2. The van der Waals surface area contributed by atoms with Crippen LogP contribution in [0.15, 0.2) is 73.1 Å². The van der Waals surface area contributed by atoms with Gasteiger partial charge >= 0.3 is 0 Å². The van der Waals surface area contributed by atoms with E-state index in [4.69, 9.17) is 0 Å². The van der Waals surface area contributed by atoms with Gasteiger partial charge in [0.15, 0.2) is 0 Å². The molecule has 1 fully saturated rings. The molecule has 1 atom stereocenters. The summed E-state index contributed by atoms with van der Waals surface area (Å²) in [5, 5.41) is 3.01. The molecule has 2 aromatic carbocycles. The number of benzene rings is 2. The maximum atomic E-state index is 13.2. The first-order chi connectivity index (χ1) is 15.5. The van der Waals surface area contributed by atoms with Crippen LogP contribution in [0.3, 0.4) is 0 Å². The summed E-state index contributed by atoms with van der Waals surface area (Å²) in [5.41, 5.74) is 4.54. The number of aromatic nitrogens is 1. The molecule has 1 aliphatic rings. The minimum atomic E-state index is -0.639. The van der Waals surface area contributed by atoms with Gasteiger partial charge in [0, 0.05) is 32.0 Å². The van der Waals surface area contributed by atoms with Gasteiger partial charge in [-0.05, 0) is 55.5 Å². The van der Waals surface area contributed by atoms with Gasteiger partial charge in [-0.25, -0.2) is 0 Å². The molecule has 1 unspecified atom stereocenters. The molecule has 0 aliphatic carbocycles. The third-order valence-electron chi connectivity index (χ3n) is 6.22. The lowest BCUT2D eigenvalue weighted by Crippen LogP contribution is -2.45. The quantitative estimate of drug-likeness (QED) is 0.639. The number of nitrogens with zero attached hydrogens (tertiary/aromatic N) is 2. The summed E-state index contributed by atoms with van der Waals surface area (Å²) < 4.78 is 0. The van der Waals surface area contributed by atoms with E-state index in [-0.39, 0.29) is 11.8 Å². The van der Waals surface area contributed by atoms with Crippen LogP contribution in [-0.2, 0) is 11.2 Å². The SMILES string of the molecule is CCNC(=O)C1(Cc2cccc(-c3ccc(C)cc3)c2)CCN(C(=O)c2cccnc2)C1. The van der Waals surface area contributed by atoms with Gasteiger partial charge in [0.25, 0.3) is 5.91 Å². The Hall–Kier alpha value is -3.47. The van der Waals surface area contributed by atoms with Gasteiger partial charge in [-0.15, -0.1) is 0 Å². The molecule has 4 rings (SSSR count). The number of rotatable bonds is 6. The topological polar surface area (TPSA) is 62.3 Å². The second-order valence-electron chi connectivity index (χ2n) is 8.60. The molecular weight excluding hydrogens is 398 g/mol. The van der Waals surface area contributed by atoms with E-state index in [0.29, 0.717) is 38.0 Å². The van der Waals surface area contributed by atoms with Crippen molar-refractivity contribution >= 4 is 11.8 Å². The van der Waals surface area contributed by atoms with Crippen molar-refractivity contribution in [1.82, 2.24) is 15.2 Å². The van der Waals surface area contributed by atoms with E-state index >= 15 is 0 Å². The lowest BCUT2D eigenvalue weighted by atomic mass is 9.79. The summed E-state index contributed by atoms with van der Waals surface area (Å²) in [6.07, 6.45) is 4.47. The highest BCUT2D eigenvalue weighted by Crippen LogP contribution is 2.36. The number of aryl methyl sites for hydroxylation is 1. The van der Waals surface area contributed by atoms with Gasteiger partial charge in [-0.1, -0.05) is 54.1 Å². The zero-order chi connectivity index (χ0) is 22.6. The Balaban J connectivity index is 1.59. The zero-order valence-corrected chi connectivity index (χ0v) is 18.7. The van der Waals surface area contributed by atoms with Crippen LogP contribution < -0.4 is 5.32 Å². The van der Waals surface area contributed by atoms with Crippen LogP contribution in [-0.4, -0.2) is 41.3 Å². The van der Waals surface area contributed by atoms with Crippen LogP contribution in [0.5, 0.6) is 0 Å². The van der Waals surface area contributed by atoms with Crippen LogP contribution >= 0.6 is 0 Å². The van der Waals surface area contributed by atoms with Gasteiger partial charge < -0.3 is 10.2 Å². The van der Waals surface area contributed by atoms with Gasteiger partial charge in [0.2, 0.25) is 5.91 Å². The average molecular weight is 428 g/mol. The van der Waals surface area contributed by atoms with Crippen molar-refractivity contribution in [3.8, 4) is 11.1 Å². The van der Waals surface area contributed by atoms with Crippen molar-refractivity contribution in [3.63, 3.8) is 0 Å². The van der Waals surface area contributed by atoms with Crippen LogP contribution in [0.1, 0.15) is 34.8 Å². The van der Waals surface area contributed by atoms with E-state index in [1.807, 2.05) is 13.0 Å². The van der Waals surface area contributed by atoms with Crippen LogP contribution in [0.25, 0.3) is 11.1 Å². The average Bonchev–Trinajstić information content (AvgIpc) is 3.25. The molecule has 1 aromatic heterocycles. The Labute approximate surface area is 189 Å². The fourth-order valence-corrected chi connectivity index (χ4v) is 4.47. The van der Waals surface area contributed by atoms with Crippen molar-refractivity contribution in [2.75, 3.05) is 19.6 Å². The lowest BCUT2D eigenvalue weighted by molar-refractivity contribution is -0.130. The lowest BCUT2D eigenvalue weighted by Gasteiger charge is -2.28. The molecule has 5 nitrogen and oxygen atoms in total. The van der Waals surface area contributed by atoms with E-state index in [0.717, 1.165) is 16.7 Å². The Morgan fingerprint density at radius 1 is 1.06 bits per heavy atom. The summed E-state index contributed by atoms with van der Waals surface area (Å²) in [5.74, 6) is -0.0556. The maximum Gasteiger partial charge on any atom is 0.255 e. The second-order valence-corrected chi connectivity index (χ2v) is 8.60. The molecule has 0 radical (unpaired) electrons. The summed E-state index contributed by atoms with van der Waals surface area (Å²) in [6.45, 7) is 5.54. The molecule has 32 heavy (non-hydrogen) atoms. The molecule has 3 aromatic rings. The molecule has 164 valence electrons. The first-order valence-corrected chi connectivity index (χ1v) is 11.1. The summed E-state index contributed by atoms with van der Waals surface area (Å²) in [6, 6.07) is 20.4. The predicted octanol–water partition coefficient (Wildman–Crippen LogP) is 4.27. The van der Waals surface area contributed by atoms with Crippen molar-refractivity contribution < 1.29 is 9.59 Å². The Bertz CT molecular complexity index is 1100. The van der Waals surface area contributed by atoms with Crippen LogP contribution in [0, 0.1) is 12.3 Å². The standard InChI is InChI=1S/C27H29N3O2/c1-3-29-26(32)27(13-15-30(19-27)25(31)24-8-5-14-28-18-24)17-21-6-4-7-23(16-21)22-11-9-20(2)10-12-22/h4-12,14,16,18H,3,13,15,17,19H2,1-2H3,(H,29,32). The Kier molecular flexibility index (Phi) is 6.35. The predicted molar refractivity (Wildman–Crippen MR) is 126 cm³/mol. The van der Waals surface area contributed by atoms with Crippen LogP contribution in [0.2, 0.25) is 0 Å². The molecule has 0 saturated carbocycles. The molecule has 1 aliphatic heterocycles. The Morgan fingerprint density at radius 2 is 1.88 bits per heavy atom. The van der Waals surface area contributed by atoms with Crippen molar-refractivity contribution in [2.45, 2.75) is 26.7 Å².